The molecule has 1 rings (SSSR count). The number of hydrogen-bond donors (Lipinski definition) is 0. The van der Waals surface area contributed by atoms with Crippen LogP contribution in [0, 0.1) is 0 Å². The van der Waals surface area contributed by atoms with Crippen molar-refractivity contribution in [2.75, 3.05) is 7.11 Å². The van der Waals surface area contributed by atoms with Gasteiger partial charge in [0, 0.05) is 10.0 Å². The first-order valence-corrected chi connectivity index (χ1v) is 4.73. The summed E-state index contributed by atoms with van der Waals surface area (Å²) in [7, 11) is 1.46. The maximum absolute atomic E-state index is 11.2. The van der Waals surface area contributed by atoms with E-state index in [1.165, 1.54) is 14.0 Å². The minimum absolute atomic E-state index is 0.160. The second-order valence-corrected chi connectivity index (χ2v) is 3.66. The topological polar surface area (TPSA) is 43.4 Å². The fourth-order valence-electron chi connectivity index (χ4n) is 1.17. The molecule has 1 aromatic rings. The molecule has 4 heteroatoms. The molecule has 0 fully saturated rings. The molecule has 0 saturated heterocycles. The Kier molecular flexibility index (Phi) is 3.41. The van der Waals surface area contributed by atoms with Crippen LogP contribution >= 0.6 is 15.9 Å². The molecule has 0 aliphatic rings. The lowest BCUT2D eigenvalue weighted by Gasteiger charge is -2.07. The molecule has 0 heterocycles. The maximum atomic E-state index is 11.2. The number of rotatable bonds is 3. The standard InChI is InChI=1S/C10H9BrO3/c1-6(13)8-3-7(11)4-10(14-2)9(8)5-12/h3-5H,1-2H3. The van der Waals surface area contributed by atoms with E-state index in [1.807, 2.05) is 0 Å². The van der Waals surface area contributed by atoms with E-state index < -0.39 is 0 Å². The van der Waals surface area contributed by atoms with Crippen LogP contribution in [0.25, 0.3) is 0 Å². The van der Waals surface area contributed by atoms with Crippen molar-refractivity contribution in [3.8, 4) is 5.75 Å². The molecule has 0 radical (unpaired) electrons. The van der Waals surface area contributed by atoms with E-state index in [0.29, 0.717) is 27.6 Å². The predicted molar refractivity (Wildman–Crippen MR) is 56.1 cm³/mol. The highest BCUT2D eigenvalue weighted by atomic mass is 79.9. The first-order valence-electron chi connectivity index (χ1n) is 3.93. The summed E-state index contributed by atoms with van der Waals surface area (Å²) in [5.74, 6) is 0.242. The predicted octanol–water partition coefficient (Wildman–Crippen LogP) is 2.47. The number of carbonyl (C=O) groups is 2. The zero-order chi connectivity index (χ0) is 10.7. The summed E-state index contributed by atoms with van der Waals surface area (Å²) in [5.41, 5.74) is 0.662. The molecule has 0 bridgehead atoms. The molecule has 0 aliphatic carbocycles. The Hall–Kier alpha value is -1.16. The fraction of sp³-hybridized carbons (Fsp3) is 0.200. The zero-order valence-corrected chi connectivity index (χ0v) is 9.42. The molecular formula is C10H9BrO3. The summed E-state index contributed by atoms with van der Waals surface area (Å²) in [5, 5.41) is 0. The number of methoxy groups -OCH3 is 1. The van der Waals surface area contributed by atoms with E-state index in [9.17, 15) is 9.59 Å². The van der Waals surface area contributed by atoms with Crippen molar-refractivity contribution in [1.82, 2.24) is 0 Å². The second kappa shape index (κ2) is 4.37. The molecule has 0 aliphatic heterocycles. The minimum Gasteiger partial charge on any atom is -0.496 e. The van der Waals surface area contributed by atoms with Gasteiger partial charge in [0.2, 0.25) is 0 Å². The van der Waals surface area contributed by atoms with Crippen LogP contribution in [-0.2, 0) is 0 Å². The molecule has 0 aromatic heterocycles. The van der Waals surface area contributed by atoms with Crippen LogP contribution in [0.2, 0.25) is 0 Å². The summed E-state index contributed by atoms with van der Waals surface area (Å²) < 4.78 is 5.71. The van der Waals surface area contributed by atoms with Crippen LogP contribution in [0.4, 0.5) is 0 Å². The third kappa shape index (κ3) is 2.01. The second-order valence-electron chi connectivity index (χ2n) is 2.74. The summed E-state index contributed by atoms with van der Waals surface area (Å²) in [6.07, 6.45) is 0.627. The first-order chi connectivity index (χ1) is 6.60. The van der Waals surface area contributed by atoms with Crippen molar-refractivity contribution in [2.45, 2.75) is 6.92 Å². The molecule has 0 amide bonds. The van der Waals surface area contributed by atoms with Crippen LogP contribution in [0.3, 0.4) is 0 Å². The molecule has 74 valence electrons. The molecule has 0 saturated carbocycles. The Labute approximate surface area is 90.2 Å². The van der Waals surface area contributed by atoms with Crippen LogP contribution in [-0.4, -0.2) is 19.2 Å². The monoisotopic (exact) mass is 256 g/mol. The molecule has 14 heavy (non-hydrogen) atoms. The third-order valence-electron chi connectivity index (χ3n) is 1.82. The number of Topliss-reactive ketones (excluding diaryl/α,β-unsaturated/α-hetero) is 1. The van der Waals surface area contributed by atoms with Crippen LogP contribution in [0.15, 0.2) is 16.6 Å². The quantitative estimate of drug-likeness (QED) is 0.617. The Balaban J connectivity index is 3.46. The average molecular weight is 257 g/mol. The fourth-order valence-corrected chi connectivity index (χ4v) is 1.61. The number of benzene rings is 1. The third-order valence-corrected chi connectivity index (χ3v) is 2.28. The highest BCUT2D eigenvalue weighted by Gasteiger charge is 2.13. The van der Waals surface area contributed by atoms with Gasteiger partial charge in [0.05, 0.1) is 12.7 Å². The van der Waals surface area contributed by atoms with Gasteiger partial charge in [0.1, 0.15) is 5.75 Å². The Morgan fingerprint density at radius 2 is 2.14 bits per heavy atom. The smallest absolute Gasteiger partial charge is 0.160 e. The van der Waals surface area contributed by atoms with Gasteiger partial charge in [-0.15, -0.1) is 0 Å². The first kappa shape index (κ1) is 10.9. The van der Waals surface area contributed by atoms with E-state index in [-0.39, 0.29) is 5.78 Å². The van der Waals surface area contributed by atoms with Crippen molar-refractivity contribution in [3.05, 3.63) is 27.7 Å². The summed E-state index contributed by atoms with van der Waals surface area (Å²) >= 11 is 3.24. The van der Waals surface area contributed by atoms with Gasteiger partial charge in [-0.05, 0) is 19.1 Å². The van der Waals surface area contributed by atoms with E-state index in [0.717, 1.165) is 0 Å². The van der Waals surface area contributed by atoms with Crippen molar-refractivity contribution >= 4 is 28.0 Å². The van der Waals surface area contributed by atoms with Crippen molar-refractivity contribution < 1.29 is 14.3 Å². The molecule has 0 spiro atoms. The van der Waals surface area contributed by atoms with Gasteiger partial charge in [-0.2, -0.15) is 0 Å². The lowest BCUT2D eigenvalue weighted by Crippen LogP contribution is -2.01. The highest BCUT2D eigenvalue weighted by Crippen LogP contribution is 2.26. The maximum Gasteiger partial charge on any atom is 0.160 e. The van der Waals surface area contributed by atoms with Gasteiger partial charge in [0.25, 0.3) is 0 Å². The van der Waals surface area contributed by atoms with Gasteiger partial charge < -0.3 is 4.74 Å². The lowest BCUT2D eigenvalue weighted by atomic mass is 10.0. The van der Waals surface area contributed by atoms with E-state index in [2.05, 4.69) is 15.9 Å². The molecular weight excluding hydrogens is 248 g/mol. The number of ether oxygens (including phenoxy) is 1. The Bertz CT molecular complexity index is 385. The number of carbonyl (C=O) groups excluding carboxylic acids is 2. The number of hydrogen-bond acceptors (Lipinski definition) is 3. The van der Waals surface area contributed by atoms with Crippen molar-refractivity contribution in [2.24, 2.45) is 0 Å². The van der Waals surface area contributed by atoms with Crippen molar-refractivity contribution in [1.29, 1.82) is 0 Å². The highest BCUT2D eigenvalue weighted by molar-refractivity contribution is 9.10. The Morgan fingerprint density at radius 3 is 2.57 bits per heavy atom. The van der Waals surface area contributed by atoms with E-state index in [1.54, 1.807) is 12.1 Å². The summed E-state index contributed by atoms with van der Waals surface area (Å²) in [6.45, 7) is 1.41. The molecule has 0 unspecified atom stereocenters. The normalized spacial score (nSPS) is 9.64. The number of aldehydes is 1. The minimum atomic E-state index is -0.160. The zero-order valence-electron chi connectivity index (χ0n) is 7.83. The average Bonchev–Trinajstić information content (AvgIpc) is 2.16. The van der Waals surface area contributed by atoms with Crippen molar-refractivity contribution in [3.63, 3.8) is 0 Å². The number of ketones is 1. The SMILES string of the molecule is COc1cc(Br)cc(C(C)=O)c1C=O. The van der Waals surface area contributed by atoms with Crippen LogP contribution < -0.4 is 4.74 Å². The number of halogens is 1. The van der Waals surface area contributed by atoms with E-state index in [4.69, 9.17) is 4.74 Å². The lowest BCUT2D eigenvalue weighted by molar-refractivity contribution is 0.100. The summed E-state index contributed by atoms with van der Waals surface area (Å²) in [4.78, 5) is 22.0. The van der Waals surface area contributed by atoms with Gasteiger partial charge in [-0.25, -0.2) is 0 Å². The van der Waals surface area contributed by atoms with Gasteiger partial charge in [-0.3, -0.25) is 9.59 Å². The Morgan fingerprint density at radius 1 is 1.50 bits per heavy atom. The molecule has 1 aromatic carbocycles. The van der Waals surface area contributed by atoms with Gasteiger partial charge in [-0.1, -0.05) is 15.9 Å². The van der Waals surface area contributed by atoms with Crippen LogP contribution in [0.5, 0.6) is 5.75 Å². The molecule has 0 atom stereocenters. The molecule has 3 nitrogen and oxygen atoms in total. The van der Waals surface area contributed by atoms with Crippen LogP contribution in [0.1, 0.15) is 27.6 Å². The largest absolute Gasteiger partial charge is 0.496 e. The van der Waals surface area contributed by atoms with Gasteiger partial charge in [0.15, 0.2) is 12.1 Å². The van der Waals surface area contributed by atoms with E-state index >= 15 is 0 Å². The summed E-state index contributed by atoms with van der Waals surface area (Å²) in [6, 6.07) is 3.25. The molecule has 0 N–H and O–H groups in total. The van der Waals surface area contributed by atoms with Gasteiger partial charge >= 0.3 is 0 Å².